The van der Waals surface area contributed by atoms with E-state index in [0.717, 1.165) is 20.1 Å². The van der Waals surface area contributed by atoms with Crippen molar-refractivity contribution < 1.29 is 0 Å². The molecule has 0 atom stereocenters. The first-order chi connectivity index (χ1) is 8.56. The fraction of sp³-hybridized carbons (Fsp3) is 0.167. The second-order valence-corrected chi connectivity index (χ2v) is 6.04. The van der Waals surface area contributed by atoms with Gasteiger partial charge >= 0.3 is 0 Å². The van der Waals surface area contributed by atoms with Gasteiger partial charge < -0.3 is 4.90 Å². The van der Waals surface area contributed by atoms with Gasteiger partial charge in [0, 0.05) is 52.4 Å². The molecule has 0 radical (unpaired) electrons. The molecule has 0 saturated carbocycles. The highest BCUT2D eigenvalue weighted by Gasteiger charge is 2.05. The van der Waals surface area contributed by atoms with Crippen LogP contribution in [0.25, 0.3) is 10.8 Å². The van der Waals surface area contributed by atoms with Crippen LogP contribution in [0.4, 0.5) is 0 Å². The molecule has 2 rings (SSSR count). The molecule has 0 spiro atoms. The lowest BCUT2D eigenvalue weighted by Crippen LogP contribution is -2.06. The van der Waals surface area contributed by atoms with Gasteiger partial charge in [-0.05, 0) is 18.2 Å². The minimum absolute atomic E-state index is 0.489. The number of hydrogen-bond acceptors (Lipinski definition) is 3. The highest BCUT2D eigenvalue weighted by atomic mass is 79.9. The first-order valence-electron chi connectivity index (χ1n) is 5.18. The molecule has 0 unspecified atom stereocenters. The van der Waals surface area contributed by atoms with E-state index in [1.54, 1.807) is 12.5 Å². The molecular formula is C12H11BrClN3S. The van der Waals surface area contributed by atoms with Gasteiger partial charge in [0.1, 0.15) is 5.15 Å². The molecule has 0 N–H and O–H groups in total. The quantitative estimate of drug-likeness (QED) is 0.361. The van der Waals surface area contributed by atoms with Crippen molar-refractivity contribution in [3.63, 3.8) is 0 Å². The summed E-state index contributed by atoms with van der Waals surface area (Å²) in [5.41, 5.74) is 0. The molecule has 0 fully saturated rings. The summed E-state index contributed by atoms with van der Waals surface area (Å²) in [6.45, 7) is 0. The molecule has 0 aliphatic heterocycles. The van der Waals surface area contributed by atoms with Gasteiger partial charge in [-0.1, -0.05) is 27.5 Å². The Labute approximate surface area is 124 Å². The first-order valence-corrected chi connectivity index (χ1v) is 7.12. The molecule has 94 valence electrons. The normalized spacial score (nSPS) is 11.3. The summed E-state index contributed by atoms with van der Waals surface area (Å²) in [5, 5.41) is 2.58. The topological polar surface area (TPSA) is 28.5 Å². The standard InChI is InChI=1S/C12H11BrClN3S/c1-17(2)7-16-18-11-4-9(13)3-8-6-15-12(14)5-10(8)11/h3-7H,1-2H3. The van der Waals surface area contributed by atoms with E-state index in [1.165, 1.54) is 11.9 Å². The minimum atomic E-state index is 0.489. The van der Waals surface area contributed by atoms with Crippen molar-refractivity contribution in [2.24, 2.45) is 4.40 Å². The first kappa shape index (κ1) is 13.6. The maximum atomic E-state index is 5.94. The minimum Gasteiger partial charge on any atom is -0.368 e. The predicted octanol–water partition coefficient (Wildman–Crippen LogP) is 4.25. The molecule has 1 aromatic carbocycles. The van der Waals surface area contributed by atoms with Gasteiger partial charge in [0.25, 0.3) is 0 Å². The third-order valence-corrected chi connectivity index (χ3v) is 3.56. The Morgan fingerprint density at radius 1 is 1.39 bits per heavy atom. The lowest BCUT2D eigenvalue weighted by atomic mass is 10.2. The number of hydrogen-bond donors (Lipinski definition) is 0. The highest BCUT2D eigenvalue weighted by Crippen LogP contribution is 2.32. The Morgan fingerprint density at radius 2 is 2.17 bits per heavy atom. The van der Waals surface area contributed by atoms with Crippen LogP contribution in [0.1, 0.15) is 0 Å². The third kappa shape index (κ3) is 3.37. The number of nitrogens with zero attached hydrogens (tertiary/aromatic N) is 3. The molecule has 6 heteroatoms. The van der Waals surface area contributed by atoms with Gasteiger partial charge in [-0.15, -0.1) is 0 Å². The van der Waals surface area contributed by atoms with Crippen molar-refractivity contribution >= 4 is 56.6 Å². The monoisotopic (exact) mass is 343 g/mol. The van der Waals surface area contributed by atoms with Gasteiger partial charge in [-0.25, -0.2) is 9.38 Å². The van der Waals surface area contributed by atoms with Crippen LogP contribution in [0.3, 0.4) is 0 Å². The van der Waals surface area contributed by atoms with Crippen LogP contribution >= 0.6 is 39.5 Å². The van der Waals surface area contributed by atoms with E-state index in [4.69, 9.17) is 11.6 Å². The molecular weight excluding hydrogens is 334 g/mol. The zero-order chi connectivity index (χ0) is 13.1. The number of rotatable bonds is 3. The SMILES string of the molecule is CN(C)C=NSc1cc(Br)cc2cnc(Cl)cc12. The number of benzene rings is 1. The summed E-state index contributed by atoms with van der Waals surface area (Å²) in [6, 6.07) is 5.89. The van der Waals surface area contributed by atoms with Crippen LogP contribution in [0.5, 0.6) is 0 Å². The lowest BCUT2D eigenvalue weighted by molar-refractivity contribution is 0.645. The molecule has 0 bridgehead atoms. The van der Waals surface area contributed by atoms with E-state index in [2.05, 4.69) is 25.3 Å². The third-order valence-electron chi connectivity index (χ3n) is 2.16. The largest absolute Gasteiger partial charge is 0.368 e. The van der Waals surface area contributed by atoms with E-state index in [1.807, 2.05) is 37.2 Å². The number of fused-ring (bicyclic) bond motifs is 1. The average molecular weight is 345 g/mol. The Balaban J connectivity index is 2.44. The van der Waals surface area contributed by atoms with Gasteiger partial charge in [-0.2, -0.15) is 0 Å². The van der Waals surface area contributed by atoms with E-state index in [-0.39, 0.29) is 0 Å². The molecule has 2 aromatic rings. The van der Waals surface area contributed by atoms with Crippen molar-refractivity contribution in [1.29, 1.82) is 0 Å². The Hall–Kier alpha value is -0.780. The van der Waals surface area contributed by atoms with E-state index < -0.39 is 0 Å². The molecule has 3 nitrogen and oxygen atoms in total. The average Bonchev–Trinajstić information content (AvgIpc) is 2.29. The Morgan fingerprint density at radius 3 is 2.89 bits per heavy atom. The van der Waals surface area contributed by atoms with Crippen LogP contribution in [0.2, 0.25) is 5.15 Å². The fourth-order valence-electron chi connectivity index (χ4n) is 1.41. The molecule has 0 aliphatic rings. The van der Waals surface area contributed by atoms with Gasteiger partial charge in [0.15, 0.2) is 0 Å². The maximum Gasteiger partial charge on any atom is 0.129 e. The van der Waals surface area contributed by atoms with Gasteiger partial charge in [0.05, 0.1) is 6.34 Å². The summed E-state index contributed by atoms with van der Waals surface area (Å²) >= 11 is 10.8. The van der Waals surface area contributed by atoms with Crippen LogP contribution < -0.4 is 0 Å². The summed E-state index contributed by atoms with van der Waals surface area (Å²) in [6.07, 6.45) is 3.53. The zero-order valence-corrected chi connectivity index (χ0v) is 13.1. The molecule has 0 aliphatic carbocycles. The Bertz CT molecular complexity index is 601. The zero-order valence-electron chi connectivity index (χ0n) is 9.89. The van der Waals surface area contributed by atoms with E-state index in [0.29, 0.717) is 5.15 Å². The fourth-order valence-corrected chi connectivity index (χ4v) is 3.00. The summed E-state index contributed by atoms with van der Waals surface area (Å²) in [5.74, 6) is 0. The second-order valence-electron chi connectivity index (χ2n) is 3.91. The number of aromatic nitrogens is 1. The maximum absolute atomic E-state index is 5.94. The van der Waals surface area contributed by atoms with E-state index in [9.17, 15) is 0 Å². The predicted molar refractivity (Wildman–Crippen MR) is 82.5 cm³/mol. The van der Waals surface area contributed by atoms with Crippen molar-refractivity contribution in [2.75, 3.05) is 14.1 Å². The van der Waals surface area contributed by atoms with Crippen molar-refractivity contribution in [3.8, 4) is 0 Å². The van der Waals surface area contributed by atoms with Gasteiger partial charge in [-0.3, -0.25) is 0 Å². The number of halogens is 2. The molecule has 0 saturated heterocycles. The van der Waals surface area contributed by atoms with Crippen LogP contribution in [0.15, 0.2) is 38.2 Å². The second kappa shape index (κ2) is 5.91. The molecule has 1 heterocycles. The molecule has 0 amide bonds. The van der Waals surface area contributed by atoms with Gasteiger partial charge in [0.2, 0.25) is 0 Å². The Kier molecular flexibility index (Phi) is 4.48. The van der Waals surface area contributed by atoms with Crippen LogP contribution in [0, 0.1) is 0 Å². The highest BCUT2D eigenvalue weighted by molar-refractivity contribution is 9.10. The smallest absolute Gasteiger partial charge is 0.129 e. The van der Waals surface area contributed by atoms with Crippen LogP contribution in [-0.4, -0.2) is 30.3 Å². The van der Waals surface area contributed by atoms with Crippen LogP contribution in [-0.2, 0) is 0 Å². The van der Waals surface area contributed by atoms with Crippen molar-refractivity contribution in [3.05, 3.63) is 34.0 Å². The van der Waals surface area contributed by atoms with Crippen molar-refractivity contribution in [1.82, 2.24) is 9.88 Å². The van der Waals surface area contributed by atoms with Crippen molar-refractivity contribution in [2.45, 2.75) is 4.90 Å². The summed E-state index contributed by atoms with van der Waals surface area (Å²) in [7, 11) is 3.87. The molecule has 1 aromatic heterocycles. The summed E-state index contributed by atoms with van der Waals surface area (Å²) < 4.78 is 5.30. The van der Waals surface area contributed by atoms with E-state index >= 15 is 0 Å². The lowest BCUT2D eigenvalue weighted by Gasteiger charge is -2.06. The summed E-state index contributed by atoms with van der Waals surface area (Å²) in [4.78, 5) is 7.02. The number of pyridine rings is 1. The molecule has 18 heavy (non-hydrogen) atoms.